The van der Waals surface area contributed by atoms with E-state index in [1.54, 1.807) is 24.3 Å². The molecule has 1 N–H and O–H groups in total. The number of carbonyl (C=O) groups is 1. The van der Waals surface area contributed by atoms with E-state index in [1.807, 2.05) is 24.3 Å². The van der Waals surface area contributed by atoms with Crippen molar-refractivity contribution in [2.45, 2.75) is 13.3 Å². The molecule has 0 heterocycles. The van der Waals surface area contributed by atoms with E-state index in [-0.39, 0.29) is 5.57 Å². The van der Waals surface area contributed by atoms with Crippen LogP contribution < -0.4 is 4.74 Å². The van der Waals surface area contributed by atoms with Crippen molar-refractivity contribution in [2.24, 2.45) is 0 Å². The number of hydrogen-bond acceptors (Lipinski definition) is 2. The van der Waals surface area contributed by atoms with Crippen LogP contribution in [-0.2, 0) is 11.2 Å². The summed E-state index contributed by atoms with van der Waals surface area (Å²) in [7, 11) is 1.50. The zero-order valence-corrected chi connectivity index (χ0v) is 13.2. The molecule has 4 heteroatoms. The quantitative estimate of drug-likeness (QED) is 0.651. The Labute approximate surface area is 134 Å². The van der Waals surface area contributed by atoms with Gasteiger partial charge in [-0.05, 0) is 41.8 Å². The van der Waals surface area contributed by atoms with E-state index < -0.39 is 5.97 Å². The van der Waals surface area contributed by atoms with Crippen LogP contribution in [0, 0.1) is 0 Å². The predicted molar refractivity (Wildman–Crippen MR) is 89.3 cm³/mol. The van der Waals surface area contributed by atoms with Crippen LogP contribution in [0.1, 0.15) is 23.6 Å². The Morgan fingerprint density at radius 1 is 1.23 bits per heavy atom. The van der Waals surface area contributed by atoms with Crippen LogP contribution in [0.5, 0.6) is 5.75 Å². The predicted octanol–water partition coefficient (Wildman–Crippen LogP) is 4.54. The lowest BCUT2D eigenvalue weighted by Crippen LogP contribution is -2.02. The molecule has 0 saturated heterocycles. The van der Waals surface area contributed by atoms with Crippen molar-refractivity contribution in [3.8, 4) is 5.75 Å². The summed E-state index contributed by atoms with van der Waals surface area (Å²) in [6, 6.07) is 12.7. The van der Waals surface area contributed by atoms with Gasteiger partial charge in [0.1, 0.15) is 5.75 Å². The number of aryl methyl sites for hydroxylation is 1. The van der Waals surface area contributed by atoms with Crippen LogP contribution >= 0.6 is 11.6 Å². The molecule has 0 aliphatic rings. The van der Waals surface area contributed by atoms with Gasteiger partial charge in [-0.1, -0.05) is 42.8 Å². The van der Waals surface area contributed by atoms with Crippen LogP contribution in [0.3, 0.4) is 0 Å². The molecular formula is C18H17ClO3. The summed E-state index contributed by atoms with van der Waals surface area (Å²) >= 11 is 5.99. The number of halogens is 1. The first-order chi connectivity index (χ1) is 10.5. The van der Waals surface area contributed by atoms with E-state index in [0.29, 0.717) is 16.3 Å². The molecule has 0 fully saturated rings. The van der Waals surface area contributed by atoms with Crippen LogP contribution in [0.25, 0.3) is 11.6 Å². The summed E-state index contributed by atoms with van der Waals surface area (Å²) < 4.78 is 5.24. The molecule has 2 aromatic rings. The number of methoxy groups -OCH3 is 1. The SMILES string of the molecule is CCc1ccc(/C=C(\C(=O)O)c2cc(Cl)ccc2OC)cc1. The van der Waals surface area contributed by atoms with Gasteiger partial charge >= 0.3 is 5.97 Å². The van der Waals surface area contributed by atoms with Gasteiger partial charge in [-0.3, -0.25) is 0 Å². The van der Waals surface area contributed by atoms with Gasteiger partial charge in [0.25, 0.3) is 0 Å². The van der Waals surface area contributed by atoms with Crippen LogP contribution in [-0.4, -0.2) is 18.2 Å². The molecule has 22 heavy (non-hydrogen) atoms. The second-order valence-corrected chi connectivity index (χ2v) is 5.24. The molecule has 0 atom stereocenters. The smallest absolute Gasteiger partial charge is 0.336 e. The molecule has 2 rings (SSSR count). The van der Waals surface area contributed by atoms with Crippen molar-refractivity contribution in [1.82, 2.24) is 0 Å². The zero-order chi connectivity index (χ0) is 16.1. The number of carboxylic acid groups (broad SMARTS) is 1. The lowest BCUT2D eigenvalue weighted by Gasteiger charge is -2.10. The normalized spacial score (nSPS) is 11.3. The Hall–Kier alpha value is -2.26. The fourth-order valence-electron chi connectivity index (χ4n) is 2.16. The lowest BCUT2D eigenvalue weighted by molar-refractivity contribution is -0.130. The minimum atomic E-state index is -1.03. The fourth-order valence-corrected chi connectivity index (χ4v) is 2.33. The molecule has 0 saturated carbocycles. The Kier molecular flexibility index (Phi) is 5.23. The monoisotopic (exact) mass is 316 g/mol. The van der Waals surface area contributed by atoms with Crippen molar-refractivity contribution in [3.63, 3.8) is 0 Å². The largest absolute Gasteiger partial charge is 0.496 e. The van der Waals surface area contributed by atoms with Gasteiger partial charge in [-0.15, -0.1) is 0 Å². The van der Waals surface area contributed by atoms with Crippen molar-refractivity contribution in [3.05, 3.63) is 64.2 Å². The maximum Gasteiger partial charge on any atom is 0.336 e. The summed E-state index contributed by atoms with van der Waals surface area (Å²) in [5.41, 5.74) is 2.62. The third-order valence-electron chi connectivity index (χ3n) is 3.38. The van der Waals surface area contributed by atoms with Crippen LogP contribution in [0.2, 0.25) is 5.02 Å². The molecule has 0 aromatic heterocycles. The number of aliphatic carboxylic acids is 1. The Morgan fingerprint density at radius 3 is 2.45 bits per heavy atom. The van der Waals surface area contributed by atoms with Gasteiger partial charge in [0, 0.05) is 10.6 Å². The van der Waals surface area contributed by atoms with Gasteiger partial charge in [0.2, 0.25) is 0 Å². The number of ether oxygens (including phenoxy) is 1. The molecule has 0 aliphatic carbocycles. The maximum absolute atomic E-state index is 11.6. The molecule has 0 spiro atoms. The summed E-state index contributed by atoms with van der Waals surface area (Å²) in [5.74, 6) is -0.552. The topological polar surface area (TPSA) is 46.5 Å². The first kappa shape index (κ1) is 16.1. The van der Waals surface area contributed by atoms with E-state index in [0.717, 1.165) is 12.0 Å². The molecule has 2 aromatic carbocycles. The van der Waals surface area contributed by atoms with Gasteiger partial charge < -0.3 is 9.84 Å². The maximum atomic E-state index is 11.6. The summed E-state index contributed by atoms with van der Waals surface area (Å²) in [5, 5.41) is 9.99. The fraction of sp³-hybridized carbons (Fsp3) is 0.167. The molecule has 0 radical (unpaired) electrons. The standard InChI is InChI=1S/C18H17ClO3/c1-3-12-4-6-13(7-5-12)10-16(18(20)21)15-11-14(19)8-9-17(15)22-2/h4-11H,3H2,1-2H3,(H,20,21)/b16-10-. The van der Waals surface area contributed by atoms with Gasteiger partial charge in [0.05, 0.1) is 12.7 Å². The Morgan fingerprint density at radius 2 is 1.91 bits per heavy atom. The Bertz CT molecular complexity index is 703. The van der Waals surface area contributed by atoms with Crippen molar-refractivity contribution >= 4 is 29.2 Å². The molecule has 0 unspecified atom stereocenters. The van der Waals surface area contributed by atoms with Gasteiger partial charge in [-0.25, -0.2) is 4.79 Å². The second kappa shape index (κ2) is 7.14. The number of benzene rings is 2. The Balaban J connectivity index is 2.52. The van der Waals surface area contributed by atoms with Crippen molar-refractivity contribution < 1.29 is 14.6 Å². The highest BCUT2D eigenvalue weighted by Crippen LogP contribution is 2.30. The summed E-state index contributed by atoms with van der Waals surface area (Å²) in [6.07, 6.45) is 2.56. The number of rotatable bonds is 5. The van der Waals surface area contributed by atoms with Crippen LogP contribution in [0.15, 0.2) is 42.5 Å². The summed E-state index contributed by atoms with van der Waals surface area (Å²) in [4.78, 5) is 11.6. The van der Waals surface area contributed by atoms with E-state index in [2.05, 4.69) is 6.92 Å². The molecule has 3 nitrogen and oxygen atoms in total. The molecule has 0 aliphatic heterocycles. The second-order valence-electron chi connectivity index (χ2n) is 4.80. The molecular weight excluding hydrogens is 300 g/mol. The van der Waals surface area contributed by atoms with Crippen LogP contribution in [0.4, 0.5) is 0 Å². The highest BCUT2D eigenvalue weighted by Gasteiger charge is 2.16. The van der Waals surface area contributed by atoms with E-state index in [9.17, 15) is 9.90 Å². The number of carboxylic acids is 1. The number of hydrogen-bond donors (Lipinski definition) is 1. The molecule has 0 bridgehead atoms. The summed E-state index contributed by atoms with van der Waals surface area (Å²) in [6.45, 7) is 2.07. The highest BCUT2D eigenvalue weighted by atomic mass is 35.5. The molecule has 0 amide bonds. The van der Waals surface area contributed by atoms with Crippen molar-refractivity contribution in [1.29, 1.82) is 0 Å². The average Bonchev–Trinajstić information content (AvgIpc) is 2.53. The van der Waals surface area contributed by atoms with E-state index >= 15 is 0 Å². The highest BCUT2D eigenvalue weighted by molar-refractivity contribution is 6.31. The third-order valence-corrected chi connectivity index (χ3v) is 3.62. The third kappa shape index (κ3) is 3.68. The first-order valence-electron chi connectivity index (χ1n) is 6.93. The van der Waals surface area contributed by atoms with E-state index in [4.69, 9.17) is 16.3 Å². The minimum absolute atomic E-state index is 0.142. The minimum Gasteiger partial charge on any atom is -0.496 e. The zero-order valence-electron chi connectivity index (χ0n) is 12.5. The molecule has 114 valence electrons. The van der Waals surface area contributed by atoms with E-state index in [1.165, 1.54) is 12.7 Å². The average molecular weight is 317 g/mol. The van der Waals surface area contributed by atoms with Gasteiger partial charge in [0.15, 0.2) is 0 Å². The first-order valence-corrected chi connectivity index (χ1v) is 7.30. The van der Waals surface area contributed by atoms with Crippen molar-refractivity contribution in [2.75, 3.05) is 7.11 Å². The lowest BCUT2D eigenvalue weighted by atomic mass is 10.0. The van der Waals surface area contributed by atoms with Gasteiger partial charge in [-0.2, -0.15) is 0 Å².